The molecule has 2 heterocycles. The monoisotopic (exact) mass is 461 g/mol. The standard InChI is InChI=1S/C22H28ClN5O4/c1-4-5-6-12-27-18-17(24-20(23)25-18)19(29)28(21(27)30)13-8-11-26(3)22(31)32-16-10-7-9-15(2)14-16/h7,9-10,14H,4-6,8,11-13H2,1-3H3,(H,24,25). The number of halogens is 1. The molecule has 9 nitrogen and oxygen atoms in total. The van der Waals surface area contributed by atoms with Gasteiger partial charge in [-0.3, -0.25) is 13.9 Å². The Hall–Kier alpha value is -3.07. The van der Waals surface area contributed by atoms with Crippen LogP contribution in [0.1, 0.15) is 38.2 Å². The van der Waals surface area contributed by atoms with Crippen molar-refractivity contribution in [2.24, 2.45) is 0 Å². The van der Waals surface area contributed by atoms with Crippen LogP contribution in [-0.2, 0) is 13.1 Å². The fourth-order valence-corrected chi connectivity index (χ4v) is 3.65. The van der Waals surface area contributed by atoms with E-state index < -0.39 is 17.3 Å². The van der Waals surface area contributed by atoms with Crippen molar-refractivity contribution in [1.29, 1.82) is 0 Å². The van der Waals surface area contributed by atoms with Gasteiger partial charge in [-0.05, 0) is 49.1 Å². The Kier molecular flexibility index (Phi) is 7.74. The molecule has 10 heteroatoms. The van der Waals surface area contributed by atoms with Crippen molar-refractivity contribution in [3.05, 3.63) is 56.0 Å². The predicted octanol–water partition coefficient (Wildman–Crippen LogP) is 3.56. The van der Waals surface area contributed by atoms with Gasteiger partial charge in [0.15, 0.2) is 11.2 Å². The van der Waals surface area contributed by atoms with Crippen molar-refractivity contribution in [1.82, 2.24) is 24.0 Å². The average molecular weight is 462 g/mol. The fourth-order valence-electron chi connectivity index (χ4n) is 3.47. The highest BCUT2D eigenvalue weighted by Crippen LogP contribution is 2.14. The number of unbranched alkanes of at least 4 members (excludes halogenated alkanes) is 2. The summed E-state index contributed by atoms with van der Waals surface area (Å²) in [6.45, 7) is 4.91. The summed E-state index contributed by atoms with van der Waals surface area (Å²) in [6.07, 6.45) is 2.65. The van der Waals surface area contributed by atoms with Crippen LogP contribution in [0.5, 0.6) is 5.75 Å². The van der Waals surface area contributed by atoms with Crippen molar-refractivity contribution in [2.45, 2.75) is 52.6 Å². The molecule has 0 aliphatic heterocycles. The number of hydrogen-bond donors (Lipinski definition) is 1. The molecule has 1 aromatic carbocycles. The number of hydrogen-bond acceptors (Lipinski definition) is 5. The van der Waals surface area contributed by atoms with E-state index in [2.05, 4.69) is 16.9 Å². The molecular formula is C22H28ClN5O4. The lowest BCUT2D eigenvalue weighted by atomic mass is 10.2. The summed E-state index contributed by atoms with van der Waals surface area (Å²) in [5.41, 5.74) is 0.573. The maximum Gasteiger partial charge on any atom is 0.414 e. The zero-order chi connectivity index (χ0) is 23.3. The smallest absolute Gasteiger partial charge is 0.410 e. The average Bonchev–Trinajstić information content (AvgIpc) is 3.14. The second kappa shape index (κ2) is 10.5. The third kappa shape index (κ3) is 5.40. The number of ether oxygens (including phenoxy) is 1. The lowest BCUT2D eigenvalue weighted by molar-refractivity contribution is 0.161. The third-order valence-electron chi connectivity index (χ3n) is 5.20. The highest BCUT2D eigenvalue weighted by molar-refractivity contribution is 6.28. The first-order valence-electron chi connectivity index (χ1n) is 10.7. The molecule has 3 rings (SSSR count). The van der Waals surface area contributed by atoms with Crippen LogP contribution in [0.15, 0.2) is 33.9 Å². The van der Waals surface area contributed by atoms with Gasteiger partial charge < -0.3 is 14.6 Å². The number of nitrogens with zero attached hydrogens (tertiary/aromatic N) is 4. The van der Waals surface area contributed by atoms with Crippen LogP contribution in [0, 0.1) is 6.92 Å². The number of imidazole rings is 1. The first-order chi connectivity index (χ1) is 15.3. The largest absolute Gasteiger partial charge is 0.414 e. The highest BCUT2D eigenvalue weighted by Gasteiger charge is 2.17. The van der Waals surface area contributed by atoms with E-state index in [9.17, 15) is 14.4 Å². The number of rotatable bonds is 9. The third-order valence-corrected chi connectivity index (χ3v) is 5.38. The van der Waals surface area contributed by atoms with Crippen LogP contribution < -0.4 is 16.0 Å². The van der Waals surface area contributed by atoms with Crippen molar-refractivity contribution in [3.8, 4) is 5.75 Å². The van der Waals surface area contributed by atoms with Gasteiger partial charge in [0.25, 0.3) is 5.56 Å². The van der Waals surface area contributed by atoms with E-state index >= 15 is 0 Å². The summed E-state index contributed by atoms with van der Waals surface area (Å²) in [4.78, 5) is 46.5. The molecule has 1 N–H and O–H groups in total. The van der Waals surface area contributed by atoms with E-state index in [1.807, 2.05) is 19.1 Å². The first-order valence-corrected chi connectivity index (χ1v) is 11.1. The minimum atomic E-state index is -0.504. The number of H-pyrrole nitrogens is 1. The zero-order valence-electron chi connectivity index (χ0n) is 18.6. The minimum Gasteiger partial charge on any atom is -0.410 e. The van der Waals surface area contributed by atoms with Crippen LogP contribution in [0.2, 0.25) is 5.28 Å². The lowest BCUT2D eigenvalue weighted by Crippen LogP contribution is -2.41. The van der Waals surface area contributed by atoms with Gasteiger partial charge in [0.1, 0.15) is 5.75 Å². The van der Waals surface area contributed by atoms with Crippen molar-refractivity contribution < 1.29 is 9.53 Å². The second-order valence-corrected chi connectivity index (χ2v) is 8.14. The number of nitrogens with one attached hydrogen (secondary N) is 1. The number of aromatic amines is 1. The molecule has 1 amide bonds. The predicted molar refractivity (Wildman–Crippen MR) is 124 cm³/mol. The van der Waals surface area contributed by atoms with Crippen molar-refractivity contribution in [2.75, 3.05) is 13.6 Å². The summed E-state index contributed by atoms with van der Waals surface area (Å²) in [7, 11) is 1.61. The second-order valence-electron chi connectivity index (χ2n) is 7.78. The molecule has 0 radical (unpaired) electrons. The van der Waals surface area contributed by atoms with E-state index in [1.165, 1.54) is 14.0 Å². The molecule has 172 valence electrons. The summed E-state index contributed by atoms with van der Waals surface area (Å²) in [6, 6.07) is 7.21. The topological polar surface area (TPSA) is 102 Å². The van der Waals surface area contributed by atoms with E-state index in [-0.39, 0.29) is 23.0 Å². The zero-order valence-corrected chi connectivity index (χ0v) is 19.3. The lowest BCUT2D eigenvalue weighted by Gasteiger charge is -2.17. The minimum absolute atomic E-state index is 0.0668. The molecule has 0 saturated heterocycles. The van der Waals surface area contributed by atoms with Crippen LogP contribution in [0.25, 0.3) is 11.2 Å². The molecule has 2 aromatic heterocycles. The molecule has 0 bridgehead atoms. The van der Waals surface area contributed by atoms with Gasteiger partial charge in [-0.15, -0.1) is 0 Å². The SMILES string of the molecule is CCCCCn1c(=O)n(CCCN(C)C(=O)Oc2cccc(C)c2)c(=O)c2[nH]c(Cl)nc21. The van der Waals surface area contributed by atoms with Gasteiger partial charge in [0.05, 0.1) is 0 Å². The number of amides is 1. The van der Waals surface area contributed by atoms with Crippen molar-refractivity contribution in [3.63, 3.8) is 0 Å². The summed E-state index contributed by atoms with van der Waals surface area (Å²) < 4.78 is 8.03. The Balaban J connectivity index is 1.72. The molecule has 0 spiro atoms. The quantitative estimate of drug-likeness (QED) is 0.387. The van der Waals surface area contributed by atoms with E-state index in [0.717, 1.165) is 24.8 Å². The molecule has 0 fully saturated rings. The maximum absolute atomic E-state index is 13.0. The van der Waals surface area contributed by atoms with Gasteiger partial charge in [-0.2, -0.15) is 4.98 Å². The highest BCUT2D eigenvalue weighted by atomic mass is 35.5. The molecular weight excluding hydrogens is 434 g/mol. The van der Waals surface area contributed by atoms with Crippen molar-refractivity contribution >= 4 is 28.9 Å². The van der Waals surface area contributed by atoms with Gasteiger partial charge in [-0.25, -0.2) is 9.59 Å². The van der Waals surface area contributed by atoms with Crippen LogP contribution in [-0.4, -0.2) is 43.7 Å². The Labute approximate surface area is 190 Å². The number of aromatic nitrogens is 4. The Morgan fingerprint density at radius 1 is 1.19 bits per heavy atom. The first kappa shape index (κ1) is 23.6. The maximum atomic E-state index is 13.0. The number of fused-ring (bicyclic) bond motifs is 1. The van der Waals surface area contributed by atoms with Crippen LogP contribution >= 0.6 is 11.6 Å². The number of aryl methyl sites for hydroxylation is 2. The number of carbonyl (C=O) groups is 1. The van der Waals surface area contributed by atoms with Gasteiger partial charge in [-0.1, -0.05) is 31.9 Å². The molecule has 0 unspecified atom stereocenters. The van der Waals surface area contributed by atoms with Crippen LogP contribution in [0.3, 0.4) is 0 Å². The molecule has 0 aliphatic rings. The molecule has 0 aliphatic carbocycles. The van der Waals surface area contributed by atoms with E-state index in [4.69, 9.17) is 16.3 Å². The molecule has 0 atom stereocenters. The summed E-state index contributed by atoms with van der Waals surface area (Å²) >= 11 is 5.96. The van der Waals surface area contributed by atoms with E-state index in [0.29, 0.717) is 25.3 Å². The summed E-state index contributed by atoms with van der Waals surface area (Å²) in [5, 5.41) is 0.0668. The number of benzene rings is 1. The Morgan fingerprint density at radius 2 is 1.94 bits per heavy atom. The number of carbonyl (C=O) groups excluding carboxylic acids is 1. The molecule has 32 heavy (non-hydrogen) atoms. The summed E-state index contributed by atoms with van der Waals surface area (Å²) in [5.74, 6) is 0.467. The Bertz CT molecular complexity index is 1210. The Morgan fingerprint density at radius 3 is 2.66 bits per heavy atom. The fraction of sp³-hybridized carbons (Fsp3) is 0.455. The molecule has 0 saturated carbocycles. The van der Waals surface area contributed by atoms with Gasteiger partial charge in [0, 0.05) is 26.7 Å². The van der Waals surface area contributed by atoms with Crippen LogP contribution in [0.4, 0.5) is 4.79 Å². The van der Waals surface area contributed by atoms with E-state index in [1.54, 1.807) is 19.2 Å². The van der Waals surface area contributed by atoms with Gasteiger partial charge >= 0.3 is 11.8 Å². The normalized spacial score (nSPS) is 11.1. The molecule has 3 aromatic rings. The van der Waals surface area contributed by atoms with Gasteiger partial charge in [0.2, 0.25) is 5.28 Å².